The number of allylic oxidation sites excluding steroid dienone is 1. The third-order valence-electron chi connectivity index (χ3n) is 9.73. The monoisotopic (exact) mass is 546 g/mol. The molecule has 3 fully saturated rings. The summed E-state index contributed by atoms with van der Waals surface area (Å²) in [7, 11) is 0. The number of fused-ring (bicyclic) bond motifs is 1. The highest BCUT2D eigenvalue weighted by atomic mass is 16.6. The van der Waals surface area contributed by atoms with Gasteiger partial charge in [-0.3, -0.25) is 14.4 Å². The Morgan fingerprint density at radius 3 is 2.54 bits per heavy atom. The minimum atomic E-state index is -1.17. The minimum absolute atomic E-state index is 0.0556. The second kappa shape index (κ2) is 12.5. The Hall–Kier alpha value is -2.19. The number of hydrogen-bond acceptors (Lipinski definition) is 6. The molecule has 0 aliphatic carbocycles. The van der Waals surface area contributed by atoms with Crippen LogP contribution in [0, 0.1) is 23.7 Å². The second-order valence-electron chi connectivity index (χ2n) is 12.1. The molecule has 3 aliphatic rings. The fourth-order valence-electron chi connectivity index (χ4n) is 7.33. The van der Waals surface area contributed by atoms with Gasteiger partial charge < -0.3 is 24.4 Å². The Morgan fingerprint density at radius 2 is 1.97 bits per heavy atom. The van der Waals surface area contributed by atoms with Crippen molar-refractivity contribution in [3.63, 3.8) is 0 Å². The number of aliphatic hydroxyl groups excluding tert-OH is 1. The van der Waals surface area contributed by atoms with Gasteiger partial charge in [0.05, 0.1) is 30.8 Å². The second-order valence-corrected chi connectivity index (χ2v) is 12.1. The zero-order chi connectivity index (χ0) is 29.1. The lowest BCUT2D eigenvalue weighted by Gasteiger charge is -2.42. The van der Waals surface area contributed by atoms with E-state index in [-0.39, 0.29) is 42.9 Å². The summed E-state index contributed by atoms with van der Waals surface area (Å²) in [5.74, 6) is -2.74. The van der Waals surface area contributed by atoms with E-state index in [1.54, 1.807) is 22.0 Å². The van der Waals surface area contributed by atoms with Crippen molar-refractivity contribution in [2.24, 2.45) is 23.7 Å². The van der Waals surface area contributed by atoms with Crippen molar-refractivity contribution in [1.82, 2.24) is 9.80 Å². The molecule has 0 aromatic heterocycles. The molecule has 3 rings (SSSR count). The smallest absolute Gasteiger partial charge is 0.312 e. The normalized spacial score (nSPS) is 33.4. The Bertz CT molecular complexity index is 938. The van der Waals surface area contributed by atoms with Crippen molar-refractivity contribution in [2.45, 2.75) is 109 Å². The van der Waals surface area contributed by atoms with Crippen LogP contribution in [0.1, 0.15) is 80.1 Å². The average Bonchev–Trinajstić information content (AvgIpc) is 3.42. The third kappa shape index (κ3) is 5.19. The number of unbranched alkanes of at least 4 members (excludes halogenated alkanes) is 1. The van der Waals surface area contributed by atoms with E-state index in [1.807, 2.05) is 34.6 Å². The number of nitrogens with zero attached hydrogens (tertiary/aromatic N) is 2. The first-order valence-electron chi connectivity index (χ1n) is 14.8. The summed E-state index contributed by atoms with van der Waals surface area (Å²) < 4.78 is 12.5. The maximum Gasteiger partial charge on any atom is 0.312 e. The van der Waals surface area contributed by atoms with Gasteiger partial charge in [-0.15, -0.1) is 13.2 Å². The number of aliphatic hydroxyl groups is 1. The van der Waals surface area contributed by atoms with Crippen LogP contribution < -0.4 is 0 Å². The average molecular weight is 547 g/mol. The van der Waals surface area contributed by atoms with Crippen LogP contribution in [0.5, 0.6) is 0 Å². The predicted octanol–water partition coefficient (Wildman–Crippen LogP) is 4.12. The molecule has 39 heavy (non-hydrogen) atoms. The van der Waals surface area contributed by atoms with Gasteiger partial charge in [0, 0.05) is 12.6 Å². The first kappa shape index (κ1) is 31.3. The summed E-state index contributed by atoms with van der Waals surface area (Å²) in [5, 5.41) is 10.5. The first-order valence-corrected chi connectivity index (χ1v) is 14.8. The summed E-state index contributed by atoms with van der Waals surface area (Å²) in [5.41, 5.74) is -2.09. The van der Waals surface area contributed by atoms with Crippen molar-refractivity contribution in [1.29, 1.82) is 0 Å². The van der Waals surface area contributed by atoms with Crippen molar-refractivity contribution >= 4 is 17.8 Å². The van der Waals surface area contributed by atoms with Crippen LogP contribution in [-0.4, -0.2) is 81.8 Å². The largest absolute Gasteiger partial charge is 0.465 e. The summed E-state index contributed by atoms with van der Waals surface area (Å²) in [6.07, 6.45) is 7.77. The number of rotatable bonds is 15. The molecule has 0 aromatic carbocycles. The minimum Gasteiger partial charge on any atom is -0.465 e. The maximum absolute atomic E-state index is 14.6. The molecule has 2 amide bonds. The molecule has 2 bridgehead atoms. The van der Waals surface area contributed by atoms with Crippen molar-refractivity contribution in [3.8, 4) is 0 Å². The molecule has 220 valence electrons. The first-order chi connectivity index (χ1) is 18.5. The molecule has 1 spiro atoms. The molecule has 3 saturated heterocycles. The standard InChI is InChI=1S/C31H50N2O6/c1-9-13-14-17-38-29(37)25-24-27(35)33(23(19-34)20(5)12-4)26(31(24)18-21(6)30(25,8)39-31)28(36)32(16-11-3)22(7)15-10-2/h9,11,20-26,34H,1,3,10,12-19H2,2,4-8H3/t20-,21?,22?,23-,24-,25-,26?,30+,31?/m0/s1. The lowest BCUT2D eigenvalue weighted by molar-refractivity contribution is -0.164. The van der Waals surface area contributed by atoms with Crippen LogP contribution in [0.15, 0.2) is 25.3 Å². The van der Waals surface area contributed by atoms with Crippen LogP contribution >= 0.6 is 0 Å². The summed E-state index contributed by atoms with van der Waals surface area (Å²) >= 11 is 0. The zero-order valence-corrected chi connectivity index (χ0v) is 24.9. The van der Waals surface area contributed by atoms with E-state index in [1.165, 1.54) is 0 Å². The van der Waals surface area contributed by atoms with E-state index in [4.69, 9.17) is 9.47 Å². The molecule has 0 saturated carbocycles. The van der Waals surface area contributed by atoms with Gasteiger partial charge in [-0.1, -0.05) is 52.7 Å². The lowest BCUT2D eigenvalue weighted by Crippen LogP contribution is -2.61. The van der Waals surface area contributed by atoms with E-state index in [2.05, 4.69) is 20.1 Å². The number of ether oxygens (including phenoxy) is 2. The molecule has 0 radical (unpaired) electrons. The molecule has 8 heteroatoms. The molecule has 1 N–H and O–H groups in total. The van der Waals surface area contributed by atoms with E-state index >= 15 is 0 Å². The molecule has 9 atom stereocenters. The highest BCUT2D eigenvalue weighted by molar-refractivity contribution is 5.99. The van der Waals surface area contributed by atoms with Crippen LogP contribution in [-0.2, 0) is 23.9 Å². The Morgan fingerprint density at radius 1 is 1.28 bits per heavy atom. The molecular formula is C31H50N2O6. The highest BCUT2D eigenvalue weighted by Crippen LogP contribution is 2.66. The van der Waals surface area contributed by atoms with Crippen LogP contribution in [0.2, 0.25) is 0 Å². The van der Waals surface area contributed by atoms with Gasteiger partial charge >= 0.3 is 5.97 Å². The Labute approximate surface area is 234 Å². The summed E-state index contributed by atoms with van der Waals surface area (Å²) in [6.45, 7) is 19.9. The van der Waals surface area contributed by atoms with Gasteiger partial charge in [0.25, 0.3) is 0 Å². The van der Waals surface area contributed by atoms with Gasteiger partial charge in [-0.05, 0) is 51.4 Å². The summed E-state index contributed by atoms with van der Waals surface area (Å²) in [4.78, 5) is 46.0. The van der Waals surface area contributed by atoms with E-state index in [0.29, 0.717) is 19.4 Å². The van der Waals surface area contributed by atoms with Crippen LogP contribution in [0.3, 0.4) is 0 Å². The topological polar surface area (TPSA) is 96.4 Å². The third-order valence-corrected chi connectivity index (χ3v) is 9.73. The van der Waals surface area contributed by atoms with Crippen molar-refractivity contribution < 1.29 is 29.0 Å². The van der Waals surface area contributed by atoms with Crippen LogP contribution in [0.25, 0.3) is 0 Å². The molecule has 8 nitrogen and oxygen atoms in total. The quantitative estimate of drug-likeness (QED) is 0.189. The van der Waals surface area contributed by atoms with Crippen LogP contribution in [0.4, 0.5) is 0 Å². The fourth-order valence-corrected chi connectivity index (χ4v) is 7.33. The number of likely N-dealkylation sites (tertiary alicyclic amines) is 1. The number of carbonyl (C=O) groups excluding carboxylic acids is 3. The molecule has 3 aliphatic heterocycles. The maximum atomic E-state index is 14.6. The Kier molecular flexibility index (Phi) is 10.1. The number of esters is 1. The van der Waals surface area contributed by atoms with Crippen molar-refractivity contribution in [2.75, 3.05) is 19.8 Å². The van der Waals surface area contributed by atoms with E-state index in [9.17, 15) is 19.5 Å². The molecular weight excluding hydrogens is 496 g/mol. The number of amides is 2. The number of carbonyl (C=O) groups is 3. The molecule has 0 aromatic rings. The van der Waals surface area contributed by atoms with Crippen molar-refractivity contribution in [3.05, 3.63) is 25.3 Å². The van der Waals surface area contributed by atoms with Gasteiger partial charge in [-0.2, -0.15) is 0 Å². The zero-order valence-electron chi connectivity index (χ0n) is 24.9. The van der Waals surface area contributed by atoms with E-state index in [0.717, 1.165) is 25.7 Å². The SMILES string of the molecule is C=CCCCOC(=O)[C@@H]1[C@H]2C(=O)N([C@@H](CO)[C@@H](C)CC)C(C(=O)N(CC=C)C(C)CCC)C23CC(C)[C@@]1(C)O3. The lowest BCUT2D eigenvalue weighted by atomic mass is 9.62. The Balaban J connectivity index is 2.13. The van der Waals surface area contributed by atoms with E-state index < -0.39 is 41.1 Å². The van der Waals surface area contributed by atoms with Gasteiger partial charge in [-0.25, -0.2) is 0 Å². The van der Waals surface area contributed by atoms with Gasteiger partial charge in [0.1, 0.15) is 17.6 Å². The molecule has 3 heterocycles. The number of hydrogen-bond donors (Lipinski definition) is 1. The van der Waals surface area contributed by atoms with Gasteiger partial charge in [0.2, 0.25) is 11.8 Å². The summed E-state index contributed by atoms with van der Waals surface area (Å²) in [6, 6.07) is -1.58. The fraction of sp³-hybridized carbons (Fsp3) is 0.774. The van der Waals surface area contributed by atoms with Gasteiger partial charge in [0.15, 0.2) is 0 Å². The highest BCUT2D eigenvalue weighted by Gasteiger charge is 2.81. The predicted molar refractivity (Wildman–Crippen MR) is 151 cm³/mol. The molecule has 4 unspecified atom stereocenters.